The molecule has 0 aliphatic carbocycles. The van der Waals surface area contributed by atoms with E-state index in [0.29, 0.717) is 11.1 Å². The maximum Gasteiger partial charge on any atom is 0.409 e. The monoisotopic (exact) mass is 371 g/mol. The molecule has 0 unspecified atom stereocenters. The maximum absolute atomic E-state index is 12.9. The quantitative estimate of drug-likeness (QED) is 0.588. The van der Waals surface area contributed by atoms with E-state index in [-0.39, 0.29) is 43.4 Å². The summed E-state index contributed by atoms with van der Waals surface area (Å²) in [4.78, 5) is 23.6. The zero-order chi connectivity index (χ0) is 18.8. The van der Waals surface area contributed by atoms with E-state index in [1.807, 2.05) is 0 Å². The second-order valence-corrected chi connectivity index (χ2v) is 7.66. The summed E-state index contributed by atoms with van der Waals surface area (Å²) in [6, 6.07) is 2.61. The second-order valence-electron chi connectivity index (χ2n) is 5.75. The molecule has 0 aromatic heterocycles. The molecule has 0 spiro atoms. The molecule has 1 aliphatic rings. The van der Waals surface area contributed by atoms with E-state index in [1.165, 1.54) is 15.3 Å². The van der Waals surface area contributed by atoms with Gasteiger partial charge in [0.2, 0.25) is 10.0 Å². The number of nitrogens with zero attached hydrogens (tertiary/aromatic N) is 3. The molecular weight excluding hydrogens is 350 g/mol. The Balaban J connectivity index is 2.25. The highest BCUT2D eigenvalue weighted by molar-refractivity contribution is 7.89. The van der Waals surface area contributed by atoms with Crippen LogP contribution in [0.2, 0.25) is 0 Å². The molecule has 25 heavy (non-hydrogen) atoms. The van der Waals surface area contributed by atoms with Gasteiger partial charge in [-0.1, -0.05) is 0 Å². The summed E-state index contributed by atoms with van der Waals surface area (Å²) in [7, 11) is -3.88. The van der Waals surface area contributed by atoms with Gasteiger partial charge in [0.25, 0.3) is 5.69 Å². The normalized spacial score (nSPS) is 15.9. The summed E-state index contributed by atoms with van der Waals surface area (Å²) in [6.07, 6.45) is -0.471. The predicted molar refractivity (Wildman–Crippen MR) is 89.9 cm³/mol. The number of hydrogen-bond donors (Lipinski definition) is 0. The molecule has 1 saturated heterocycles. The van der Waals surface area contributed by atoms with Gasteiger partial charge in [0.15, 0.2) is 0 Å². The fraction of sp³-hybridized carbons (Fsp3) is 0.533. The van der Waals surface area contributed by atoms with Crippen molar-refractivity contribution in [1.29, 1.82) is 0 Å². The SMILES string of the molecule is CCOC(=O)N1CCN(S(=O)(=O)c2cc([N+](=O)[O-])c(C)cc2C)CC1. The van der Waals surface area contributed by atoms with Gasteiger partial charge in [-0.05, 0) is 32.4 Å². The molecule has 0 saturated carbocycles. The zero-order valence-electron chi connectivity index (χ0n) is 14.4. The minimum atomic E-state index is -3.88. The third-order valence-corrected chi connectivity index (χ3v) is 6.11. The number of sulfonamides is 1. The van der Waals surface area contributed by atoms with E-state index in [0.717, 1.165) is 6.07 Å². The van der Waals surface area contributed by atoms with Crippen molar-refractivity contribution >= 4 is 21.8 Å². The van der Waals surface area contributed by atoms with Crippen LogP contribution in [-0.4, -0.2) is 61.4 Å². The van der Waals surface area contributed by atoms with Gasteiger partial charge >= 0.3 is 6.09 Å². The van der Waals surface area contributed by atoms with Crippen molar-refractivity contribution in [1.82, 2.24) is 9.21 Å². The molecule has 0 N–H and O–H groups in total. The molecule has 1 fully saturated rings. The Labute approximate surface area is 146 Å². The first kappa shape index (κ1) is 19.1. The number of nitro benzene ring substituents is 1. The number of nitro groups is 1. The lowest BCUT2D eigenvalue weighted by atomic mass is 10.1. The molecule has 10 heteroatoms. The van der Waals surface area contributed by atoms with Crippen LogP contribution in [0, 0.1) is 24.0 Å². The van der Waals surface area contributed by atoms with Crippen molar-refractivity contribution in [3.63, 3.8) is 0 Å². The Hall–Kier alpha value is -2.20. The van der Waals surface area contributed by atoms with Crippen molar-refractivity contribution in [2.45, 2.75) is 25.7 Å². The van der Waals surface area contributed by atoms with E-state index < -0.39 is 21.0 Å². The molecule has 0 bridgehead atoms. The predicted octanol–water partition coefficient (Wildman–Crippen LogP) is 1.67. The van der Waals surface area contributed by atoms with Crippen molar-refractivity contribution < 1.29 is 22.9 Å². The fourth-order valence-corrected chi connectivity index (χ4v) is 4.41. The van der Waals surface area contributed by atoms with E-state index in [2.05, 4.69) is 0 Å². The number of carbonyl (C=O) groups is 1. The Bertz CT molecular complexity index is 785. The number of benzene rings is 1. The molecular formula is C15H21N3O6S. The molecule has 1 aromatic carbocycles. The van der Waals surface area contributed by atoms with Gasteiger partial charge in [0.1, 0.15) is 0 Å². The number of aryl methyl sites for hydroxylation is 2. The van der Waals surface area contributed by atoms with E-state index in [1.54, 1.807) is 20.8 Å². The second kappa shape index (κ2) is 7.36. The highest BCUT2D eigenvalue weighted by Crippen LogP contribution is 2.28. The molecule has 138 valence electrons. The van der Waals surface area contributed by atoms with Gasteiger partial charge in [0.05, 0.1) is 16.4 Å². The first-order valence-corrected chi connectivity index (χ1v) is 9.30. The Kier molecular flexibility index (Phi) is 5.63. The van der Waals surface area contributed by atoms with Crippen molar-refractivity contribution in [3.05, 3.63) is 33.4 Å². The Morgan fingerprint density at radius 3 is 2.32 bits per heavy atom. The van der Waals surface area contributed by atoms with Crippen LogP contribution >= 0.6 is 0 Å². The number of rotatable bonds is 4. The van der Waals surface area contributed by atoms with Gasteiger partial charge in [0, 0.05) is 37.8 Å². The number of ether oxygens (including phenoxy) is 1. The highest BCUT2D eigenvalue weighted by Gasteiger charge is 2.32. The van der Waals surface area contributed by atoms with Crippen LogP contribution < -0.4 is 0 Å². The Morgan fingerprint density at radius 2 is 1.80 bits per heavy atom. The largest absolute Gasteiger partial charge is 0.450 e. The fourth-order valence-electron chi connectivity index (χ4n) is 2.76. The molecule has 0 atom stereocenters. The first-order chi connectivity index (χ1) is 11.7. The van der Waals surface area contributed by atoms with Crippen LogP contribution in [0.25, 0.3) is 0 Å². The van der Waals surface area contributed by atoms with Gasteiger partial charge in [-0.3, -0.25) is 10.1 Å². The lowest BCUT2D eigenvalue weighted by Gasteiger charge is -2.33. The third-order valence-electron chi connectivity index (χ3n) is 4.07. The lowest BCUT2D eigenvalue weighted by Crippen LogP contribution is -2.50. The number of piperazine rings is 1. The molecule has 9 nitrogen and oxygen atoms in total. The summed E-state index contributed by atoms with van der Waals surface area (Å²) in [6.45, 7) is 5.79. The Morgan fingerprint density at radius 1 is 1.20 bits per heavy atom. The molecule has 2 rings (SSSR count). The van der Waals surface area contributed by atoms with Crippen molar-refractivity contribution in [3.8, 4) is 0 Å². The van der Waals surface area contributed by atoms with Crippen LogP contribution in [0.4, 0.5) is 10.5 Å². The maximum atomic E-state index is 12.9. The average molecular weight is 371 g/mol. The van der Waals surface area contributed by atoms with Gasteiger partial charge in [-0.25, -0.2) is 13.2 Å². The standard InChI is InChI=1S/C15H21N3O6S/c1-4-24-15(19)16-5-7-17(8-6-16)25(22,23)14-10-13(18(20)21)11(2)9-12(14)3/h9-10H,4-8H2,1-3H3. The first-order valence-electron chi connectivity index (χ1n) is 7.86. The molecule has 1 heterocycles. The highest BCUT2D eigenvalue weighted by atomic mass is 32.2. The van der Waals surface area contributed by atoms with Gasteiger partial charge in [-0.15, -0.1) is 0 Å². The van der Waals surface area contributed by atoms with Gasteiger partial charge < -0.3 is 9.64 Å². The van der Waals surface area contributed by atoms with E-state index >= 15 is 0 Å². The summed E-state index contributed by atoms with van der Waals surface area (Å²) in [5.74, 6) is 0. The van der Waals surface area contributed by atoms with Crippen molar-refractivity contribution in [2.75, 3.05) is 32.8 Å². The zero-order valence-corrected chi connectivity index (χ0v) is 15.2. The van der Waals surface area contributed by atoms with Crippen LogP contribution in [0.5, 0.6) is 0 Å². The number of amides is 1. The molecule has 1 aliphatic heterocycles. The minimum Gasteiger partial charge on any atom is -0.450 e. The van der Waals surface area contributed by atoms with E-state index in [4.69, 9.17) is 4.74 Å². The summed E-state index contributed by atoms with van der Waals surface area (Å²) >= 11 is 0. The number of hydrogen-bond acceptors (Lipinski definition) is 6. The summed E-state index contributed by atoms with van der Waals surface area (Å²) < 4.78 is 31.9. The van der Waals surface area contributed by atoms with Crippen molar-refractivity contribution in [2.24, 2.45) is 0 Å². The van der Waals surface area contributed by atoms with E-state index in [9.17, 15) is 23.3 Å². The number of carbonyl (C=O) groups excluding carboxylic acids is 1. The minimum absolute atomic E-state index is 0.0746. The third kappa shape index (κ3) is 3.90. The van der Waals surface area contributed by atoms with Crippen LogP contribution in [0.15, 0.2) is 17.0 Å². The van der Waals surface area contributed by atoms with Crippen LogP contribution in [-0.2, 0) is 14.8 Å². The topological polar surface area (TPSA) is 110 Å². The van der Waals surface area contributed by atoms with Gasteiger partial charge in [-0.2, -0.15) is 4.31 Å². The average Bonchev–Trinajstić information content (AvgIpc) is 2.54. The van der Waals surface area contributed by atoms with Crippen LogP contribution in [0.1, 0.15) is 18.1 Å². The summed E-state index contributed by atoms with van der Waals surface area (Å²) in [5, 5.41) is 11.1. The summed E-state index contributed by atoms with van der Waals surface area (Å²) in [5.41, 5.74) is 0.638. The molecule has 1 amide bonds. The molecule has 0 radical (unpaired) electrons. The van der Waals surface area contributed by atoms with Crippen LogP contribution in [0.3, 0.4) is 0 Å². The lowest BCUT2D eigenvalue weighted by molar-refractivity contribution is -0.385. The smallest absolute Gasteiger partial charge is 0.409 e. The molecule has 1 aromatic rings.